The van der Waals surface area contributed by atoms with Crippen LogP contribution in [0.15, 0.2) is 84.0 Å². The molecule has 0 unspecified atom stereocenters. The summed E-state index contributed by atoms with van der Waals surface area (Å²) in [5, 5.41) is 16.9. The lowest BCUT2D eigenvalue weighted by molar-refractivity contribution is -0.384. The van der Waals surface area contributed by atoms with E-state index in [4.69, 9.17) is 4.74 Å². The molecule has 3 aromatic carbocycles. The van der Waals surface area contributed by atoms with Crippen LogP contribution in [0.25, 0.3) is 0 Å². The predicted molar refractivity (Wildman–Crippen MR) is 119 cm³/mol. The molecule has 0 aliphatic carbocycles. The second-order valence-corrected chi connectivity index (χ2v) is 6.60. The summed E-state index contributed by atoms with van der Waals surface area (Å²) in [6.45, 7) is 0.193. The Bertz CT molecular complexity index is 1190. The van der Waals surface area contributed by atoms with Crippen LogP contribution in [0, 0.1) is 10.1 Å². The number of carbonyl (C=O) groups is 3. The van der Waals surface area contributed by atoms with Crippen molar-refractivity contribution < 1.29 is 24.0 Å². The number of esters is 1. The lowest BCUT2D eigenvalue weighted by Gasteiger charge is -2.07. The fourth-order valence-corrected chi connectivity index (χ4v) is 2.63. The lowest BCUT2D eigenvalue weighted by Crippen LogP contribution is -2.37. The summed E-state index contributed by atoms with van der Waals surface area (Å²) in [5.41, 5.74) is 3.28. The molecule has 0 spiro atoms. The smallest absolute Gasteiger partial charge is 0.343 e. The number of benzene rings is 3. The van der Waals surface area contributed by atoms with Crippen LogP contribution >= 0.6 is 0 Å². The van der Waals surface area contributed by atoms with Gasteiger partial charge >= 0.3 is 17.8 Å². The summed E-state index contributed by atoms with van der Waals surface area (Å²) in [6.07, 6.45) is 1.22. The van der Waals surface area contributed by atoms with E-state index < -0.39 is 22.7 Å². The Kier molecular flexibility index (Phi) is 7.58. The summed E-state index contributed by atoms with van der Waals surface area (Å²) in [7, 11) is 0. The molecule has 0 bridgehead atoms. The van der Waals surface area contributed by atoms with Gasteiger partial charge in [0.15, 0.2) is 0 Å². The fourth-order valence-electron chi connectivity index (χ4n) is 2.63. The quantitative estimate of drug-likeness (QED) is 0.143. The van der Waals surface area contributed by atoms with Crippen LogP contribution in [0.4, 0.5) is 5.69 Å². The molecule has 0 heterocycles. The highest BCUT2D eigenvalue weighted by atomic mass is 16.6. The minimum absolute atomic E-state index is 0.121. The van der Waals surface area contributed by atoms with Crippen molar-refractivity contribution in [2.24, 2.45) is 5.10 Å². The zero-order valence-corrected chi connectivity index (χ0v) is 17.1. The fraction of sp³-hybridized carbons (Fsp3) is 0.0435. The molecule has 0 atom stereocenters. The van der Waals surface area contributed by atoms with Crippen LogP contribution in [-0.4, -0.2) is 28.9 Å². The molecule has 33 heavy (non-hydrogen) atoms. The molecular formula is C23H18N4O6. The van der Waals surface area contributed by atoms with Crippen LogP contribution in [0.1, 0.15) is 21.5 Å². The van der Waals surface area contributed by atoms with E-state index in [1.165, 1.54) is 36.5 Å². The van der Waals surface area contributed by atoms with Gasteiger partial charge in [-0.1, -0.05) is 42.5 Å². The molecule has 2 N–H and O–H groups in total. The Hall–Kier alpha value is -4.86. The van der Waals surface area contributed by atoms with E-state index >= 15 is 0 Å². The average Bonchev–Trinajstić information content (AvgIpc) is 2.84. The van der Waals surface area contributed by atoms with Crippen molar-refractivity contribution in [3.8, 4) is 5.75 Å². The molecule has 2 amide bonds. The SMILES string of the molecule is O=C(NCc1ccccc1)C(=O)NN=Cc1ccccc1OC(=O)c1ccc([N+](=O)[O-])cc1. The minimum atomic E-state index is -0.956. The number of hydrazone groups is 1. The number of nitro groups is 1. The topological polar surface area (TPSA) is 140 Å². The Labute approximate surface area is 188 Å². The van der Waals surface area contributed by atoms with E-state index in [-0.39, 0.29) is 23.5 Å². The number of nitro benzene ring substituents is 1. The van der Waals surface area contributed by atoms with Gasteiger partial charge < -0.3 is 10.1 Å². The number of hydrogen-bond donors (Lipinski definition) is 2. The third-order valence-corrected chi connectivity index (χ3v) is 4.31. The Morgan fingerprint density at radius 3 is 2.27 bits per heavy atom. The number of nitrogens with zero attached hydrogens (tertiary/aromatic N) is 2. The molecule has 0 radical (unpaired) electrons. The first-order chi connectivity index (χ1) is 15.9. The van der Waals surface area contributed by atoms with Gasteiger partial charge in [-0.05, 0) is 29.8 Å². The molecule has 0 saturated carbocycles. The summed E-state index contributed by atoms with van der Waals surface area (Å²) in [4.78, 5) is 46.3. The number of rotatable bonds is 7. The molecule has 0 aromatic heterocycles. The van der Waals surface area contributed by atoms with Gasteiger partial charge in [0, 0.05) is 24.2 Å². The van der Waals surface area contributed by atoms with Gasteiger partial charge in [0.1, 0.15) is 5.75 Å². The molecule has 0 aliphatic rings. The molecule has 0 saturated heterocycles. The zero-order chi connectivity index (χ0) is 23.6. The van der Waals surface area contributed by atoms with Gasteiger partial charge in [-0.15, -0.1) is 0 Å². The van der Waals surface area contributed by atoms with Crippen LogP contribution in [0.2, 0.25) is 0 Å². The maximum absolute atomic E-state index is 12.3. The Morgan fingerprint density at radius 2 is 1.58 bits per heavy atom. The molecular weight excluding hydrogens is 428 g/mol. The van der Waals surface area contributed by atoms with E-state index in [1.807, 2.05) is 30.3 Å². The third kappa shape index (κ3) is 6.56. The highest BCUT2D eigenvalue weighted by Gasteiger charge is 2.14. The Morgan fingerprint density at radius 1 is 0.909 bits per heavy atom. The average molecular weight is 446 g/mol. The standard InChI is InChI=1S/C23H18N4O6/c28-21(24-14-16-6-2-1-3-7-16)22(29)26-25-15-18-8-4-5-9-20(18)33-23(30)17-10-12-19(13-11-17)27(31)32/h1-13,15H,14H2,(H,24,28)(H,26,29). The summed E-state index contributed by atoms with van der Waals surface area (Å²) >= 11 is 0. The normalized spacial score (nSPS) is 10.4. The molecule has 0 fully saturated rings. The first-order valence-corrected chi connectivity index (χ1v) is 9.65. The van der Waals surface area contributed by atoms with Gasteiger partial charge in [0.2, 0.25) is 0 Å². The second kappa shape index (κ2) is 11.0. The first kappa shape index (κ1) is 22.8. The van der Waals surface area contributed by atoms with Gasteiger partial charge in [-0.25, -0.2) is 10.2 Å². The summed E-state index contributed by atoms with van der Waals surface area (Å²) < 4.78 is 5.33. The number of amides is 2. The molecule has 10 heteroatoms. The molecule has 166 valence electrons. The highest BCUT2D eigenvalue weighted by Crippen LogP contribution is 2.19. The van der Waals surface area contributed by atoms with E-state index in [0.29, 0.717) is 5.56 Å². The monoisotopic (exact) mass is 446 g/mol. The van der Waals surface area contributed by atoms with Crippen molar-refractivity contribution in [3.05, 3.63) is 106 Å². The van der Waals surface area contributed by atoms with E-state index in [2.05, 4.69) is 15.8 Å². The molecule has 10 nitrogen and oxygen atoms in total. The van der Waals surface area contributed by atoms with Gasteiger partial charge in [-0.2, -0.15) is 5.10 Å². The van der Waals surface area contributed by atoms with Crippen molar-refractivity contribution in [2.45, 2.75) is 6.54 Å². The largest absolute Gasteiger partial charge is 0.422 e. The molecule has 3 rings (SSSR count). The summed E-state index contributed by atoms with van der Waals surface area (Å²) in [5.74, 6) is -2.39. The number of ether oxygens (including phenoxy) is 1. The van der Waals surface area contributed by atoms with Gasteiger partial charge in [-0.3, -0.25) is 19.7 Å². The number of hydrogen-bond acceptors (Lipinski definition) is 7. The number of non-ortho nitro benzene ring substituents is 1. The van der Waals surface area contributed by atoms with Crippen molar-refractivity contribution in [1.82, 2.24) is 10.7 Å². The first-order valence-electron chi connectivity index (χ1n) is 9.65. The second-order valence-electron chi connectivity index (χ2n) is 6.60. The maximum Gasteiger partial charge on any atom is 0.343 e. The molecule has 3 aromatic rings. The lowest BCUT2D eigenvalue weighted by atomic mass is 10.2. The predicted octanol–water partition coefficient (Wildman–Crippen LogP) is 2.58. The maximum atomic E-state index is 12.3. The van der Waals surface area contributed by atoms with E-state index in [1.54, 1.807) is 18.2 Å². The minimum Gasteiger partial charge on any atom is -0.422 e. The number of nitrogens with one attached hydrogen (secondary N) is 2. The zero-order valence-electron chi connectivity index (χ0n) is 17.1. The van der Waals surface area contributed by atoms with Crippen molar-refractivity contribution in [1.29, 1.82) is 0 Å². The number of para-hydroxylation sites is 1. The van der Waals surface area contributed by atoms with Crippen molar-refractivity contribution in [2.75, 3.05) is 0 Å². The van der Waals surface area contributed by atoms with Crippen LogP contribution in [0.3, 0.4) is 0 Å². The van der Waals surface area contributed by atoms with Gasteiger partial charge in [0.05, 0.1) is 16.7 Å². The van der Waals surface area contributed by atoms with Crippen molar-refractivity contribution in [3.63, 3.8) is 0 Å². The molecule has 0 aliphatic heterocycles. The summed E-state index contributed by atoms with van der Waals surface area (Å²) in [6, 6.07) is 20.5. The van der Waals surface area contributed by atoms with E-state index in [9.17, 15) is 24.5 Å². The van der Waals surface area contributed by atoms with E-state index in [0.717, 1.165) is 5.56 Å². The Balaban J connectivity index is 1.58. The van der Waals surface area contributed by atoms with Crippen LogP contribution < -0.4 is 15.5 Å². The van der Waals surface area contributed by atoms with Crippen LogP contribution in [0.5, 0.6) is 5.75 Å². The van der Waals surface area contributed by atoms with Crippen LogP contribution in [-0.2, 0) is 16.1 Å². The highest BCUT2D eigenvalue weighted by molar-refractivity contribution is 6.35. The third-order valence-electron chi connectivity index (χ3n) is 4.31. The van der Waals surface area contributed by atoms with Gasteiger partial charge in [0.25, 0.3) is 5.69 Å². The number of carbonyl (C=O) groups excluding carboxylic acids is 3. The van der Waals surface area contributed by atoms with Crippen molar-refractivity contribution >= 4 is 29.7 Å².